The highest BCUT2D eigenvalue weighted by molar-refractivity contribution is 6.29. The smallest absolute Gasteiger partial charge is 0.160 e. The fourth-order valence-electron chi connectivity index (χ4n) is 9.34. The molecule has 3 heteroatoms. The Morgan fingerprint density at radius 2 is 0.803 bits per heavy atom. The van der Waals surface area contributed by atoms with Crippen LogP contribution in [-0.2, 0) is 0 Å². The molecule has 0 fully saturated rings. The van der Waals surface area contributed by atoms with Crippen molar-refractivity contribution in [3.05, 3.63) is 224 Å². The van der Waals surface area contributed by atoms with E-state index < -0.39 is 0 Å². The van der Waals surface area contributed by atoms with E-state index in [1.54, 1.807) is 0 Å². The number of benzene rings is 10. The predicted octanol–water partition coefficient (Wildman–Crippen LogP) is 15.4. The molecule has 284 valence electrons. The van der Waals surface area contributed by atoms with Crippen molar-refractivity contribution in [2.24, 2.45) is 0 Å². The zero-order valence-electron chi connectivity index (χ0n) is 33.2. The summed E-state index contributed by atoms with van der Waals surface area (Å²) in [5, 5.41) is 10.00. The summed E-state index contributed by atoms with van der Waals surface area (Å²) in [5.41, 5.74) is 13.2. The van der Waals surface area contributed by atoms with Crippen molar-refractivity contribution in [3.63, 3.8) is 0 Å². The first-order chi connectivity index (χ1) is 30.2. The molecule has 3 nitrogen and oxygen atoms in total. The Balaban J connectivity index is 1.03. The first-order valence-corrected chi connectivity index (χ1v) is 20.8. The molecule has 0 saturated carbocycles. The predicted molar refractivity (Wildman–Crippen MR) is 256 cm³/mol. The quantitative estimate of drug-likeness (QED) is 0.158. The van der Waals surface area contributed by atoms with Gasteiger partial charge in [-0.15, -0.1) is 0 Å². The van der Waals surface area contributed by atoms with Crippen molar-refractivity contribution in [2.75, 3.05) is 0 Å². The SMILES string of the molecule is c1ccc(-c2cc(-c3cccc(-c4ccc5c(c4)c4ccccc4c4cccc(-c6ccc7c8ccccc8n(-c8ccccc8)c7c6)c45)c3)nc(-c3ccccc3)n2)cc1. The van der Waals surface area contributed by atoms with Gasteiger partial charge in [0, 0.05) is 33.2 Å². The number of aromatic nitrogens is 3. The van der Waals surface area contributed by atoms with E-state index in [0.29, 0.717) is 5.82 Å². The normalized spacial score (nSPS) is 11.6. The van der Waals surface area contributed by atoms with Gasteiger partial charge in [-0.1, -0.05) is 182 Å². The van der Waals surface area contributed by atoms with Crippen LogP contribution >= 0.6 is 0 Å². The largest absolute Gasteiger partial charge is 0.309 e. The van der Waals surface area contributed by atoms with Gasteiger partial charge in [0.05, 0.1) is 22.4 Å². The van der Waals surface area contributed by atoms with Gasteiger partial charge in [-0.3, -0.25) is 0 Å². The fourth-order valence-corrected chi connectivity index (χ4v) is 9.34. The highest BCUT2D eigenvalue weighted by atomic mass is 15.0. The summed E-state index contributed by atoms with van der Waals surface area (Å²) < 4.78 is 2.40. The van der Waals surface area contributed by atoms with Gasteiger partial charge in [0.2, 0.25) is 0 Å². The maximum Gasteiger partial charge on any atom is 0.160 e. The molecule has 2 heterocycles. The molecule has 0 radical (unpaired) electrons. The first kappa shape index (κ1) is 34.9. The summed E-state index contributed by atoms with van der Waals surface area (Å²) in [4.78, 5) is 10.2. The highest BCUT2D eigenvalue weighted by Crippen LogP contribution is 2.43. The number of para-hydroxylation sites is 2. The molecule has 0 spiro atoms. The third-order valence-corrected chi connectivity index (χ3v) is 12.2. The van der Waals surface area contributed by atoms with Crippen molar-refractivity contribution in [3.8, 4) is 61.8 Å². The second-order valence-corrected chi connectivity index (χ2v) is 15.7. The molecule has 0 bridgehead atoms. The summed E-state index contributed by atoms with van der Waals surface area (Å²) >= 11 is 0. The molecule has 0 N–H and O–H groups in total. The molecule has 10 aromatic carbocycles. The van der Waals surface area contributed by atoms with Crippen molar-refractivity contribution in [1.29, 1.82) is 0 Å². The van der Waals surface area contributed by atoms with E-state index in [4.69, 9.17) is 9.97 Å². The fraction of sp³-hybridized carbons (Fsp3) is 0. The van der Waals surface area contributed by atoms with Crippen LogP contribution in [0.4, 0.5) is 0 Å². The van der Waals surface area contributed by atoms with Crippen molar-refractivity contribution in [2.45, 2.75) is 0 Å². The molecule has 0 amide bonds. The molecule has 0 unspecified atom stereocenters. The van der Waals surface area contributed by atoms with E-state index in [0.717, 1.165) is 44.9 Å². The summed E-state index contributed by atoms with van der Waals surface area (Å²) in [5.74, 6) is 0.711. The van der Waals surface area contributed by atoms with Crippen molar-refractivity contribution >= 4 is 54.1 Å². The highest BCUT2D eigenvalue weighted by Gasteiger charge is 2.18. The molecule has 12 aromatic rings. The van der Waals surface area contributed by atoms with Gasteiger partial charge < -0.3 is 4.57 Å². The average molecular weight is 776 g/mol. The number of fused-ring (bicyclic) bond motifs is 9. The van der Waals surface area contributed by atoms with Crippen molar-refractivity contribution < 1.29 is 0 Å². The van der Waals surface area contributed by atoms with Crippen LogP contribution in [0.15, 0.2) is 224 Å². The van der Waals surface area contributed by atoms with Gasteiger partial charge in [-0.25, -0.2) is 9.97 Å². The molecule has 0 saturated heterocycles. The minimum atomic E-state index is 0.711. The second-order valence-electron chi connectivity index (χ2n) is 15.7. The average Bonchev–Trinajstić information content (AvgIpc) is 3.68. The van der Waals surface area contributed by atoms with Crippen LogP contribution in [0.25, 0.3) is 116 Å². The van der Waals surface area contributed by atoms with Gasteiger partial charge >= 0.3 is 0 Å². The van der Waals surface area contributed by atoms with E-state index in [1.165, 1.54) is 65.3 Å². The Labute approximate surface area is 353 Å². The lowest BCUT2D eigenvalue weighted by Gasteiger charge is -2.16. The lowest BCUT2D eigenvalue weighted by molar-refractivity contribution is 1.18. The van der Waals surface area contributed by atoms with E-state index in [-0.39, 0.29) is 0 Å². The molecule has 61 heavy (non-hydrogen) atoms. The maximum absolute atomic E-state index is 5.14. The van der Waals surface area contributed by atoms with E-state index in [1.807, 2.05) is 24.3 Å². The molecule has 0 aliphatic heterocycles. The van der Waals surface area contributed by atoms with Crippen LogP contribution in [0.3, 0.4) is 0 Å². The van der Waals surface area contributed by atoms with Crippen LogP contribution in [0.2, 0.25) is 0 Å². The lowest BCUT2D eigenvalue weighted by Crippen LogP contribution is -1.96. The Hall–Kier alpha value is -8.14. The first-order valence-electron chi connectivity index (χ1n) is 20.8. The van der Waals surface area contributed by atoms with Crippen LogP contribution in [0.1, 0.15) is 0 Å². The molecule has 0 aliphatic carbocycles. The monoisotopic (exact) mass is 775 g/mol. The Morgan fingerprint density at radius 1 is 0.279 bits per heavy atom. The van der Waals surface area contributed by atoms with Gasteiger partial charge in [-0.05, 0) is 97.0 Å². The standard InChI is InChI=1S/C58H37N3/c1-4-16-38(17-5-1)53-37-54(60-58(59-53)39-18-6-2-7-19-39)43-21-14-20-40(34-43)41-30-33-51-52(35-41)47-25-11-10-24-46(47)50-28-15-27-45(57(50)51)42-31-32-49-48-26-12-13-29-55(48)61(56(49)36-42)44-22-8-3-9-23-44/h1-37H. The Morgan fingerprint density at radius 3 is 1.59 bits per heavy atom. The van der Waals surface area contributed by atoms with E-state index in [2.05, 4.69) is 205 Å². The van der Waals surface area contributed by atoms with Gasteiger partial charge in [-0.2, -0.15) is 0 Å². The zero-order valence-corrected chi connectivity index (χ0v) is 33.2. The minimum absolute atomic E-state index is 0.711. The Kier molecular flexibility index (Phi) is 8.17. The van der Waals surface area contributed by atoms with Crippen LogP contribution < -0.4 is 0 Å². The number of nitrogens with zero attached hydrogens (tertiary/aromatic N) is 3. The number of hydrogen-bond donors (Lipinski definition) is 0. The van der Waals surface area contributed by atoms with Crippen molar-refractivity contribution in [1.82, 2.24) is 14.5 Å². The topological polar surface area (TPSA) is 30.7 Å². The van der Waals surface area contributed by atoms with Crippen LogP contribution in [0, 0.1) is 0 Å². The van der Waals surface area contributed by atoms with Gasteiger partial charge in [0.25, 0.3) is 0 Å². The number of hydrogen-bond acceptors (Lipinski definition) is 2. The second kappa shape index (κ2) is 14.3. The zero-order chi connectivity index (χ0) is 40.3. The molecular weight excluding hydrogens is 739 g/mol. The number of rotatable bonds is 6. The van der Waals surface area contributed by atoms with Crippen LogP contribution in [-0.4, -0.2) is 14.5 Å². The van der Waals surface area contributed by atoms with E-state index >= 15 is 0 Å². The van der Waals surface area contributed by atoms with Crippen LogP contribution in [0.5, 0.6) is 0 Å². The minimum Gasteiger partial charge on any atom is -0.309 e. The molecule has 2 aromatic heterocycles. The summed E-state index contributed by atoms with van der Waals surface area (Å²) in [6.07, 6.45) is 0. The summed E-state index contributed by atoms with van der Waals surface area (Å²) in [6.45, 7) is 0. The maximum atomic E-state index is 5.14. The molecule has 12 rings (SSSR count). The van der Waals surface area contributed by atoms with Gasteiger partial charge in [0.1, 0.15) is 0 Å². The Bertz CT molecular complexity index is 3570. The van der Waals surface area contributed by atoms with Gasteiger partial charge in [0.15, 0.2) is 5.82 Å². The van der Waals surface area contributed by atoms with E-state index in [9.17, 15) is 0 Å². The molecule has 0 atom stereocenters. The molecular formula is C58H37N3. The summed E-state index contributed by atoms with van der Waals surface area (Å²) in [6, 6.07) is 80.6. The third kappa shape index (κ3) is 5.90. The lowest BCUT2D eigenvalue weighted by atomic mass is 9.88. The molecule has 0 aliphatic rings. The third-order valence-electron chi connectivity index (χ3n) is 12.2. The summed E-state index contributed by atoms with van der Waals surface area (Å²) in [7, 11) is 0.